The van der Waals surface area contributed by atoms with Gasteiger partial charge in [-0.1, -0.05) is 0 Å². The van der Waals surface area contributed by atoms with Crippen molar-refractivity contribution in [3.05, 3.63) is 21.4 Å². The number of aryl methyl sites for hydroxylation is 1. The van der Waals surface area contributed by atoms with Crippen LogP contribution in [0.3, 0.4) is 0 Å². The highest BCUT2D eigenvalue weighted by molar-refractivity contribution is 7.10. The Morgan fingerprint density at radius 1 is 1.43 bits per heavy atom. The fraction of sp³-hybridized carbons (Fsp3) is 0.636. The van der Waals surface area contributed by atoms with Gasteiger partial charge in [0, 0.05) is 4.88 Å². The third-order valence-electron chi connectivity index (χ3n) is 2.89. The Labute approximate surface area is 88.8 Å². The highest BCUT2D eigenvalue weighted by atomic mass is 32.1. The monoisotopic (exact) mass is 211 g/mol. The van der Waals surface area contributed by atoms with Gasteiger partial charge in [-0.25, -0.2) is 0 Å². The lowest BCUT2D eigenvalue weighted by Gasteiger charge is -2.15. The van der Waals surface area contributed by atoms with Gasteiger partial charge in [-0.15, -0.1) is 11.3 Å². The summed E-state index contributed by atoms with van der Waals surface area (Å²) in [5.74, 6) is 0. The van der Waals surface area contributed by atoms with Gasteiger partial charge >= 0.3 is 0 Å². The molecule has 0 saturated carbocycles. The summed E-state index contributed by atoms with van der Waals surface area (Å²) < 4.78 is 0. The molecule has 3 N–H and O–H groups in total. The van der Waals surface area contributed by atoms with Crippen LogP contribution in [0.2, 0.25) is 0 Å². The number of aliphatic hydroxyl groups excluding tert-OH is 1. The van der Waals surface area contributed by atoms with E-state index < -0.39 is 0 Å². The molecule has 78 valence electrons. The van der Waals surface area contributed by atoms with Gasteiger partial charge in [0.25, 0.3) is 0 Å². The average Bonchev–Trinajstić information content (AvgIpc) is 2.61. The molecule has 1 atom stereocenters. The molecule has 0 amide bonds. The molecule has 0 fully saturated rings. The van der Waals surface area contributed by atoms with Gasteiger partial charge in [-0.2, -0.15) is 0 Å². The molecule has 0 spiro atoms. The first-order valence-electron chi connectivity index (χ1n) is 5.30. The van der Waals surface area contributed by atoms with Crippen LogP contribution in [-0.2, 0) is 12.8 Å². The van der Waals surface area contributed by atoms with Gasteiger partial charge in [-0.05, 0) is 55.2 Å². The zero-order chi connectivity index (χ0) is 9.97. The molecule has 1 aromatic rings. The molecule has 1 aliphatic carbocycles. The highest BCUT2D eigenvalue weighted by Gasteiger charge is 2.19. The second kappa shape index (κ2) is 4.43. The Bertz CT molecular complexity index is 308. The zero-order valence-electron chi connectivity index (χ0n) is 8.33. The van der Waals surface area contributed by atoms with Crippen molar-refractivity contribution >= 4 is 11.3 Å². The van der Waals surface area contributed by atoms with Crippen molar-refractivity contribution in [2.45, 2.75) is 38.2 Å². The van der Waals surface area contributed by atoms with Crippen molar-refractivity contribution in [1.29, 1.82) is 0 Å². The number of hydrogen-bond donors (Lipinski definition) is 2. The van der Waals surface area contributed by atoms with Crippen molar-refractivity contribution < 1.29 is 5.11 Å². The zero-order valence-corrected chi connectivity index (χ0v) is 9.15. The molecule has 3 heteroatoms. The van der Waals surface area contributed by atoms with Gasteiger partial charge < -0.3 is 10.8 Å². The van der Waals surface area contributed by atoms with Crippen molar-refractivity contribution in [2.75, 3.05) is 6.54 Å². The molecule has 0 saturated heterocycles. The minimum Gasteiger partial charge on any atom is -0.388 e. The number of hydrogen-bond acceptors (Lipinski definition) is 3. The normalized spacial score (nSPS) is 17.9. The standard InChI is InChI=1S/C11H17NOS/c12-6-5-10(13)9-7-14-11-4-2-1-3-8(9)11/h7,10,13H,1-6,12H2. The van der Waals surface area contributed by atoms with E-state index in [9.17, 15) is 5.11 Å². The van der Waals surface area contributed by atoms with Gasteiger partial charge in [0.05, 0.1) is 6.10 Å². The quantitative estimate of drug-likeness (QED) is 0.803. The molecule has 2 nitrogen and oxygen atoms in total. The summed E-state index contributed by atoms with van der Waals surface area (Å²) in [4.78, 5) is 1.49. The van der Waals surface area contributed by atoms with E-state index in [1.54, 1.807) is 11.3 Å². The van der Waals surface area contributed by atoms with Crippen LogP contribution >= 0.6 is 11.3 Å². The van der Waals surface area contributed by atoms with E-state index >= 15 is 0 Å². The largest absolute Gasteiger partial charge is 0.388 e. The lowest BCUT2D eigenvalue weighted by Crippen LogP contribution is -2.09. The number of nitrogens with two attached hydrogens (primary N) is 1. The van der Waals surface area contributed by atoms with Crippen LogP contribution in [0.15, 0.2) is 5.38 Å². The van der Waals surface area contributed by atoms with Crippen LogP contribution < -0.4 is 5.73 Å². The molecule has 1 aromatic heterocycles. The smallest absolute Gasteiger partial charge is 0.0812 e. The van der Waals surface area contributed by atoms with E-state index in [1.165, 1.54) is 29.7 Å². The van der Waals surface area contributed by atoms with Crippen molar-refractivity contribution in [3.63, 3.8) is 0 Å². The third kappa shape index (κ3) is 1.85. The first kappa shape index (κ1) is 10.1. The maximum atomic E-state index is 9.89. The van der Waals surface area contributed by atoms with Crippen LogP contribution in [0, 0.1) is 0 Å². The Kier molecular flexibility index (Phi) is 3.21. The van der Waals surface area contributed by atoms with E-state index in [2.05, 4.69) is 5.38 Å². The van der Waals surface area contributed by atoms with Crippen LogP contribution in [0.25, 0.3) is 0 Å². The number of fused-ring (bicyclic) bond motifs is 1. The maximum absolute atomic E-state index is 9.89. The summed E-state index contributed by atoms with van der Waals surface area (Å²) in [6.45, 7) is 0.561. The number of aliphatic hydroxyl groups is 1. The molecule has 0 aromatic carbocycles. The lowest BCUT2D eigenvalue weighted by atomic mass is 9.93. The molecule has 1 aliphatic rings. The highest BCUT2D eigenvalue weighted by Crippen LogP contribution is 2.34. The first-order valence-corrected chi connectivity index (χ1v) is 6.18. The van der Waals surface area contributed by atoms with Crippen molar-refractivity contribution in [3.8, 4) is 0 Å². The molecule has 2 rings (SSSR count). The summed E-state index contributed by atoms with van der Waals surface area (Å²) >= 11 is 1.81. The molecular formula is C11H17NOS. The van der Waals surface area contributed by atoms with Crippen LogP contribution in [0.5, 0.6) is 0 Å². The number of rotatable bonds is 3. The third-order valence-corrected chi connectivity index (χ3v) is 4.00. The SMILES string of the molecule is NCCC(O)c1csc2c1CCCC2. The van der Waals surface area contributed by atoms with E-state index in [4.69, 9.17) is 5.73 Å². The average molecular weight is 211 g/mol. The predicted octanol–water partition coefficient (Wildman–Crippen LogP) is 2.01. The second-order valence-electron chi connectivity index (χ2n) is 3.89. The van der Waals surface area contributed by atoms with E-state index in [1.807, 2.05) is 0 Å². The van der Waals surface area contributed by atoms with Crippen molar-refractivity contribution in [2.24, 2.45) is 5.73 Å². The molecule has 1 heterocycles. The topological polar surface area (TPSA) is 46.2 Å². The molecule has 1 unspecified atom stereocenters. The fourth-order valence-corrected chi connectivity index (χ4v) is 3.30. The number of thiophene rings is 1. The lowest BCUT2D eigenvalue weighted by molar-refractivity contribution is 0.169. The Balaban J connectivity index is 2.21. The molecule has 0 aliphatic heterocycles. The predicted molar refractivity (Wildman–Crippen MR) is 59.6 cm³/mol. The van der Waals surface area contributed by atoms with Gasteiger partial charge in [0.15, 0.2) is 0 Å². The molecular weight excluding hydrogens is 194 g/mol. The summed E-state index contributed by atoms with van der Waals surface area (Å²) in [7, 11) is 0. The molecule has 0 bridgehead atoms. The van der Waals surface area contributed by atoms with Crippen LogP contribution in [-0.4, -0.2) is 11.7 Å². The minimum atomic E-state index is -0.335. The van der Waals surface area contributed by atoms with Crippen LogP contribution in [0.1, 0.15) is 41.4 Å². The van der Waals surface area contributed by atoms with Gasteiger partial charge in [-0.3, -0.25) is 0 Å². The fourth-order valence-electron chi connectivity index (χ4n) is 2.11. The summed E-state index contributed by atoms with van der Waals surface area (Å²) in [5, 5.41) is 12.0. The van der Waals surface area contributed by atoms with E-state index in [0.717, 1.165) is 12.0 Å². The van der Waals surface area contributed by atoms with Gasteiger partial charge in [0.1, 0.15) is 0 Å². The van der Waals surface area contributed by atoms with Crippen LogP contribution in [0.4, 0.5) is 0 Å². The van der Waals surface area contributed by atoms with E-state index in [0.29, 0.717) is 13.0 Å². The molecule has 0 radical (unpaired) electrons. The van der Waals surface area contributed by atoms with Gasteiger partial charge in [0.2, 0.25) is 0 Å². The first-order chi connectivity index (χ1) is 6.83. The Morgan fingerprint density at radius 3 is 3.00 bits per heavy atom. The maximum Gasteiger partial charge on any atom is 0.0812 e. The minimum absolute atomic E-state index is 0.335. The summed E-state index contributed by atoms with van der Waals surface area (Å²) in [6.07, 6.45) is 5.28. The van der Waals surface area contributed by atoms with E-state index in [-0.39, 0.29) is 6.10 Å². The molecule has 14 heavy (non-hydrogen) atoms. The second-order valence-corrected chi connectivity index (χ2v) is 4.86. The Hall–Kier alpha value is -0.380. The summed E-state index contributed by atoms with van der Waals surface area (Å²) in [5.41, 5.74) is 8.02. The Morgan fingerprint density at radius 2 is 2.21 bits per heavy atom. The summed E-state index contributed by atoms with van der Waals surface area (Å²) in [6, 6.07) is 0. The van der Waals surface area contributed by atoms with Crippen molar-refractivity contribution in [1.82, 2.24) is 0 Å².